The fourth-order valence-electron chi connectivity index (χ4n) is 1.76. The predicted octanol–water partition coefficient (Wildman–Crippen LogP) is 3.46. The molecule has 2 N–H and O–H groups in total. The van der Waals surface area contributed by atoms with Gasteiger partial charge in [0.1, 0.15) is 0 Å². The molecular formula is C15H16ClNOS. The second kappa shape index (κ2) is 6.33. The number of nitrogens with two attached hydrogens (primary N) is 1. The van der Waals surface area contributed by atoms with E-state index in [9.17, 15) is 4.21 Å². The van der Waals surface area contributed by atoms with E-state index in [0.717, 1.165) is 10.5 Å². The fourth-order valence-corrected chi connectivity index (χ4v) is 3.03. The van der Waals surface area contributed by atoms with E-state index in [-0.39, 0.29) is 6.04 Å². The van der Waals surface area contributed by atoms with Crippen LogP contribution in [-0.2, 0) is 10.8 Å². The molecule has 0 heterocycles. The molecule has 0 aliphatic carbocycles. The minimum Gasteiger partial charge on any atom is -0.323 e. The van der Waals surface area contributed by atoms with E-state index in [4.69, 9.17) is 17.3 Å². The first-order valence-electron chi connectivity index (χ1n) is 6.02. The molecule has 0 radical (unpaired) electrons. The highest BCUT2D eigenvalue weighted by Gasteiger charge is 2.12. The van der Waals surface area contributed by atoms with E-state index < -0.39 is 10.8 Å². The second-order valence-corrected chi connectivity index (χ2v) is 6.42. The average molecular weight is 294 g/mol. The fraction of sp³-hybridized carbons (Fsp3) is 0.200. The third-order valence-corrected chi connectivity index (χ3v) is 4.62. The standard InChI is InChI=1S/C15H16ClNOS/c1-11-2-4-12(5-3-11)15(17)10-19(18)14-8-6-13(16)7-9-14/h2-9,15H,10,17H2,1H3. The highest BCUT2D eigenvalue weighted by Crippen LogP contribution is 2.17. The highest BCUT2D eigenvalue weighted by atomic mass is 35.5. The van der Waals surface area contributed by atoms with Gasteiger partial charge in [-0.2, -0.15) is 0 Å². The Kier molecular flexibility index (Phi) is 4.75. The zero-order valence-corrected chi connectivity index (χ0v) is 12.2. The van der Waals surface area contributed by atoms with Gasteiger partial charge in [0.25, 0.3) is 0 Å². The Morgan fingerprint density at radius 1 is 1.11 bits per heavy atom. The van der Waals surface area contributed by atoms with Gasteiger partial charge in [0, 0.05) is 21.7 Å². The maximum absolute atomic E-state index is 12.2. The van der Waals surface area contributed by atoms with Crippen LogP contribution in [0.15, 0.2) is 53.4 Å². The quantitative estimate of drug-likeness (QED) is 0.938. The van der Waals surface area contributed by atoms with Crippen molar-refractivity contribution >= 4 is 22.4 Å². The van der Waals surface area contributed by atoms with Crippen molar-refractivity contribution in [3.63, 3.8) is 0 Å². The first-order chi connectivity index (χ1) is 9.06. The lowest BCUT2D eigenvalue weighted by Gasteiger charge is -2.12. The Morgan fingerprint density at radius 3 is 2.26 bits per heavy atom. The smallest absolute Gasteiger partial charge is 0.0548 e. The lowest BCUT2D eigenvalue weighted by Crippen LogP contribution is -2.18. The molecule has 2 rings (SSSR count). The first-order valence-corrected chi connectivity index (χ1v) is 7.72. The summed E-state index contributed by atoms with van der Waals surface area (Å²) in [6.07, 6.45) is 0. The molecule has 2 aromatic rings. The number of benzene rings is 2. The third-order valence-electron chi connectivity index (χ3n) is 2.91. The van der Waals surface area contributed by atoms with Crippen molar-refractivity contribution in [2.45, 2.75) is 17.9 Å². The summed E-state index contributed by atoms with van der Waals surface area (Å²) in [5.74, 6) is 0.407. The number of rotatable bonds is 4. The Hall–Kier alpha value is -1.16. The molecule has 19 heavy (non-hydrogen) atoms. The van der Waals surface area contributed by atoms with Gasteiger partial charge in [0.05, 0.1) is 10.8 Å². The third kappa shape index (κ3) is 3.90. The van der Waals surface area contributed by atoms with Crippen molar-refractivity contribution in [3.05, 3.63) is 64.7 Å². The summed E-state index contributed by atoms with van der Waals surface area (Å²) < 4.78 is 12.2. The predicted molar refractivity (Wildman–Crippen MR) is 80.8 cm³/mol. The van der Waals surface area contributed by atoms with E-state index in [1.54, 1.807) is 24.3 Å². The van der Waals surface area contributed by atoms with Crippen molar-refractivity contribution in [1.29, 1.82) is 0 Å². The molecule has 2 nitrogen and oxygen atoms in total. The van der Waals surface area contributed by atoms with Crippen molar-refractivity contribution < 1.29 is 4.21 Å². The molecule has 0 aliphatic rings. The molecule has 0 spiro atoms. The van der Waals surface area contributed by atoms with Gasteiger partial charge in [0.15, 0.2) is 0 Å². The second-order valence-electron chi connectivity index (χ2n) is 4.48. The van der Waals surface area contributed by atoms with Crippen LogP contribution in [0.3, 0.4) is 0 Å². The Labute approximate surface area is 121 Å². The van der Waals surface area contributed by atoms with Crippen LogP contribution in [0, 0.1) is 6.92 Å². The van der Waals surface area contributed by atoms with Gasteiger partial charge in [-0.25, -0.2) is 0 Å². The van der Waals surface area contributed by atoms with Gasteiger partial charge < -0.3 is 5.73 Å². The highest BCUT2D eigenvalue weighted by molar-refractivity contribution is 7.85. The molecular weight excluding hydrogens is 278 g/mol. The van der Waals surface area contributed by atoms with Crippen molar-refractivity contribution in [2.75, 3.05) is 5.75 Å². The van der Waals surface area contributed by atoms with Gasteiger partial charge in [-0.15, -0.1) is 0 Å². The molecule has 2 aromatic carbocycles. The molecule has 0 saturated carbocycles. The largest absolute Gasteiger partial charge is 0.323 e. The lowest BCUT2D eigenvalue weighted by molar-refractivity contribution is 0.675. The van der Waals surface area contributed by atoms with E-state index in [0.29, 0.717) is 10.8 Å². The van der Waals surface area contributed by atoms with Crippen LogP contribution in [0.5, 0.6) is 0 Å². The molecule has 0 aromatic heterocycles. The van der Waals surface area contributed by atoms with Crippen LogP contribution in [0.4, 0.5) is 0 Å². The minimum absolute atomic E-state index is 0.225. The van der Waals surface area contributed by atoms with Crippen LogP contribution in [0.2, 0.25) is 5.02 Å². The molecule has 100 valence electrons. The number of halogens is 1. The summed E-state index contributed by atoms with van der Waals surface area (Å²) in [7, 11) is -1.11. The molecule has 0 amide bonds. The van der Waals surface area contributed by atoms with Gasteiger partial charge in [-0.3, -0.25) is 4.21 Å². The van der Waals surface area contributed by atoms with Crippen LogP contribution < -0.4 is 5.73 Å². The molecule has 0 aliphatic heterocycles. The van der Waals surface area contributed by atoms with Crippen LogP contribution in [0.1, 0.15) is 17.2 Å². The monoisotopic (exact) mass is 293 g/mol. The van der Waals surface area contributed by atoms with Crippen molar-refractivity contribution in [3.8, 4) is 0 Å². The molecule has 0 saturated heterocycles. The Balaban J connectivity index is 2.06. The minimum atomic E-state index is -1.11. The number of aryl methyl sites for hydroxylation is 1. The zero-order chi connectivity index (χ0) is 13.8. The summed E-state index contributed by atoms with van der Waals surface area (Å²) in [4.78, 5) is 0.756. The van der Waals surface area contributed by atoms with Gasteiger partial charge in [0.2, 0.25) is 0 Å². The normalized spacial score (nSPS) is 14.1. The molecule has 2 unspecified atom stereocenters. The maximum Gasteiger partial charge on any atom is 0.0548 e. The SMILES string of the molecule is Cc1ccc(C(N)CS(=O)c2ccc(Cl)cc2)cc1. The first kappa shape index (κ1) is 14.3. The van der Waals surface area contributed by atoms with E-state index in [2.05, 4.69) is 0 Å². The summed E-state index contributed by atoms with van der Waals surface area (Å²) in [5, 5.41) is 0.642. The van der Waals surface area contributed by atoms with Crippen LogP contribution in [-0.4, -0.2) is 9.96 Å². The van der Waals surface area contributed by atoms with Crippen molar-refractivity contribution in [2.24, 2.45) is 5.73 Å². The van der Waals surface area contributed by atoms with E-state index in [1.165, 1.54) is 5.56 Å². The summed E-state index contributed by atoms with van der Waals surface area (Å²) in [6, 6.07) is 14.8. The maximum atomic E-state index is 12.2. The molecule has 2 atom stereocenters. The summed E-state index contributed by atoms with van der Waals surface area (Å²) in [5.41, 5.74) is 8.29. The van der Waals surface area contributed by atoms with Gasteiger partial charge in [-0.1, -0.05) is 41.4 Å². The van der Waals surface area contributed by atoms with E-state index in [1.807, 2.05) is 31.2 Å². The van der Waals surface area contributed by atoms with Gasteiger partial charge in [-0.05, 0) is 36.8 Å². The van der Waals surface area contributed by atoms with Crippen molar-refractivity contribution in [1.82, 2.24) is 0 Å². The molecule has 4 heteroatoms. The van der Waals surface area contributed by atoms with Gasteiger partial charge >= 0.3 is 0 Å². The van der Waals surface area contributed by atoms with Crippen LogP contribution >= 0.6 is 11.6 Å². The Morgan fingerprint density at radius 2 is 1.68 bits per heavy atom. The summed E-state index contributed by atoms with van der Waals surface area (Å²) >= 11 is 5.81. The zero-order valence-electron chi connectivity index (χ0n) is 10.7. The molecule has 0 bridgehead atoms. The van der Waals surface area contributed by atoms with E-state index >= 15 is 0 Å². The number of hydrogen-bond donors (Lipinski definition) is 1. The van der Waals surface area contributed by atoms with Crippen LogP contribution in [0.25, 0.3) is 0 Å². The molecule has 0 fully saturated rings. The Bertz CT molecular complexity index is 566. The average Bonchev–Trinajstić information content (AvgIpc) is 2.40. The number of hydrogen-bond acceptors (Lipinski definition) is 2. The lowest BCUT2D eigenvalue weighted by atomic mass is 10.1. The topological polar surface area (TPSA) is 43.1 Å². The summed E-state index contributed by atoms with van der Waals surface area (Å²) in [6.45, 7) is 2.03.